The minimum Gasteiger partial charge on any atom is -0.378 e. The van der Waals surface area contributed by atoms with E-state index in [1.54, 1.807) is 0 Å². The molecular formula is C6H8Y-2. The van der Waals surface area contributed by atoms with Crippen molar-refractivity contribution in [3.8, 4) is 0 Å². The van der Waals surface area contributed by atoms with E-state index in [1.165, 1.54) is 12.8 Å². The van der Waals surface area contributed by atoms with E-state index in [2.05, 4.69) is 25.0 Å². The zero-order valence-electron chi connectivity index (χ0n) is 4.30. The van der Waals surface area contributed by atoms with Crippen molar-refractivity contribution >= 4 is 0 Å². The molecule has 1 heteroatoms. The Balaban J connectivity index is 0.000000360. The Bertz CT molecular complexity index is 49.2. The molecule has 0 aromatic heterocycles. The molecule has 0 N–H and O–H groups in total. The molecule has 1 aliphatic carbocycles. The van der Waals surface area contributed by atoms with Crippen molar-refractivity contribution < 1.29 is 32.7 Å². The second kappa shape index (κ2) is 4.74. The van der Waals surface area contributed by atoms with Gasteiger partial charge in [-0.15, -0.1) is 12.8 Å². The largest absolute Gasteiger partial charge is 0.378 e. The summed E-state index contributed by atoms with van der Waals surface area (Å²) in [6.45, 7) is 0. The van der Waals surface area contributed by atoms with Gasteiger partial charge >= 0.3 is 0 Å². The summed E-state index contributed by atoms with van der Waals surface area (Å²) in [5, 5.41) is 0. The molecule has 0 aromatic carbocycles. The molecule has 0 saturated carbocycles. The molecule has 0 bridgehead atoms. The zero-order chi connectivity index (χ0) is 4.24. The summed E-state index contributed by atoms with van der Waals surface area (Å²) < 4.78 is 0. The summed E-state index contributed by atoms with van der Waals surface area (Å²) >= 11 is 0. The van der Waals surface area contributed by atoms with E-state index >= 15 is 0 Å². The third-order valence-electron chi connectivity index (χ3n) is 0.883. The van der Waals surface area contributed by atoms with E-state index in [0.717, 1.165) is 0 Å². The third kappa shape index (κ3) is 3.19. The van der Waals surface area contributed by atoms with Crippen LogP contribution in [0.1, 0.15) is 12.8 Å². The summed E-state index contributed by atoms with van der Waals surface area (Å²) in [6, 6.07) is 0. The molecule has 0 atom stereocenters. The molecule has 1 radical (unpaired) electrons. The van der Waals surface area contributed by atoms with Crippen LogP contribution in [0.3, 0.4) is 0 Å². The molecule has 7 heavy (non-hydrogen) atoms. The first kappa shape index (κ1) is 7.58. The van der Waals surface area contributed by atoms with Crippen LogP contribution in [0.15, 0.2) is 12.2 Å². The van der Waals surface area contributed by atoms with Gasteiger partial charge in [-0.1, -0.05) is 0 Å². The van der Waals surface area contributed by atoms with E-state index in [-0.39, 0.29) is 32.7 Å². The van der Waals surface area contributed by atoms with E-state index in [0.29, 0.717) is 0 Å². The maximum atomic E-state index is 2.18. The maximum absolute atomic E-state index is 2.18. The molecule has 0 saturated heterocycles. The fourth-order valence-corrected chi connectivity index (χ4v) is 0.542. The van der Waals surface area contributed by atoms with Gasteiger partial charge in [0, 0.05) is 32.7 Å². The number of hydrogen-bond donors (Lipinski definition) is 0. The fraction of sp³-hybridized carbons (Fsp3) is 0.333. The topological polar surface area (TPSA) is 0 Å². The predicted molar refractivity (Wildman–Crippen MR) is 27.0 cm³/mol. The zero-order valence-corrected chi connectivity index (χ0v) is 7.14. The first-order valence-corrected chi connectivity index (χ1v) is 2.32. The monoisotopic (exact) mass is 169 g/mol. The van der Waals surface area contributed by atoms with Crippen molar-refractivity contribution in [2.45, 2.75) is 12.8 Å². The summed E-state index contributed by atoms with van der Waals surface area (Å²) in [5.74, 6) is 0. The number of allylic oxidation sites excluding steroid dienone is 2. The van der Waals surface area contributed by atoms with Crippen LogP contribution in [0, 0.1) is 12.8 Å². The molecule has 0 aromatic rings. The van der Waals surface area contributed by atoms with Gasteiger partial charge in [0.2, 0.25) is 0 Å². The summed E-state index contributed by atoms with van der Waals surface area (Å²) in [6.07, 6.45) is 11.0. The molecule has 0 fully saturated rings. The van der Waals surface area contributed by atoms with Gasteiger partial charge in [0.1, 0.15) is 0 Å². The average molecular weight is 169 g/mol. The van der Waals surface area contributed by atoms with Crippen LogP contribution in [-0.2, 0) is 32.7 Å². The quantitative estimate of drug-likeness (QED) is 0.484. The molecule has 37 valence electrons. The van der Waals surface area contributed by atoms with Crippen molar-refractivity contribution in [3.05, 3.63) is 25.0 Å². The first-order chi connectivity index (χ1) is 3.00. The molecule has 0 spiro atoms. The van der Waals surface area contributed by atoms with Gasteiger partial charge in [0.15, 0.2) is 0 Å². The number of hydrogen-bond acceptors (Lipinski definition) is 0. The van der Waals surface area contributed by atoms with Gasteiger partial charge in [-0.05, 0) is 0 Å². The third-order valence-corrected chi connectivity index (χ3v) is 0.883. The Labute approximate surface area is 70.3 Å². The van der Waals surface area contributed by atoms with Crippen LogP contribution < -0.4 is 0 Å². The van der Waals surface area contributed by atoms with Crippen LogP contribution in [0.2, 0.25) is 0 Å². The minimum atomic E-state index is 0. The Morgan fingerprint density at radius 1 is 1.00 bits per heavy atom. The summed E-state index contributed by atoms with van der Waals surface area (Å²) in [7, 11) is 0. The fourth-order valence-electron chi connectivity index (χ4n) is 0.542. The van der Waals surface area contributed by atoms with Gasteiger partial charge in [0.05, 0.1) is 0 Å². The van der Waals surface area contributed by atoms with Gasteiger partial charge in [-0.25, -0.2) is 0 Å². The van der Waals surface area contributed by atoms with Crippen LogP contribution in [0.5, 0.6) is 0 Å². The van der Waals surface area contributed by atoms with E-state index in [9.17, 15) is 0 Å². The van der Waals surface area contributed by atoms with Crippen molar-refractivity contribution in [2.75, 3.05) is 0 Å². The van der Waals surface area contributed by atoms with Gasteiger partial charge < -0.3 is 25.0 Å². The van der Waals surface area contributed by atoms with Crippen molar-refractivity contribution in [1.82, 2.24) is 0 Å². The molecular weight excluding hydrogens is 161 g/mol. The second-order valence-electron chi connectivity index (χ2n) is 1.43. The second-order valence-corrected chi connectivity index (χ2v) is 1.43. The minimum absolute atomic E-state index is 0. The molecule has 0 aliphatic heterocycles. The summed E-state index contributed by atoms with van der Waals surface area (Å²) in [5.41, 5.74) is 0. The predicted octanol–water partition coefficient (Wildman–Crippen LogP) is 1.74. The van der Waals surface area contributed by atoms with Crippen LogP contribution in [0.4, 0.5) is 0 Å². The molecule has 0 unspecified atom stereocenters. The van der Waals surface area contributed by atoms with Crippen molar-refractivity contribution in [1.29, 1.82) is 0 Å². The van der Waals surface area contributed by atoms with Crippen molar-refractivity contribution in [3.63, 3.8) is 0 Å². The molecule has 0 amide bonds. The van der Waals surface area contributed by atoms with E-state index in [1.807, 2.05) is 0 Å². The van der Waals surface area contributed by atoms with Crippen LogP contribution >= 0.6 is 0 Å². The van der Waals surface area contributed by atoms with Crippen LogP contribution in [0.25, 0.3) is 0 Å². The van der Waals surface area contributed by atoms with Gasteiger partial charge in [-0.3, -0.25) is 0 Å². The van der Waals surface area contributed by atoms with Crippen LogP contribution in [-0.4, -0.2) is 0 Å². The normalized spacial score (nSPS) is 16.0. The Hall–Kier alpha value is 0.584. The Kier molecular flexibility index (Phi) is 5.13. The molecule has 0 heterocycles. The van der Waals surface area contributed by atoms with E-state index < -0.39 is 0 Å². The molecule has 0 nitrogen and oxygen atoms in total. The first-order valence-electron chi connectivity index (χ1n) is 2.32. The molecule has 1 aliphatic rings. The number of rotatable bonds is 0. The standard InChI is InChI=1S/C6H8.Y/c1-2-4-6-5-3-1;/h1-4H,5-6H2;/q-2;. The maximum Gasteiger partial charge on any atom is 0 e. The SMILES string of the molecule is C1=C[CH-]CC[CH-]1.[Y]. The van der Waals surface area contributed by atoms with Crippen molar-refractivity contribution in [2.24, 2.45) is 0 Å². The van der Waals surface area contributed by atoms with Gasteiger partial charge in [-0.2, -0.15) is 0 Å². The molecule has 1 rings (SSSR count). The van der Waals surface area contributed by atoms with E-state index in [4.69, 9.17) is 0 Å². The Morgan fingerprint density at radius 2 is 1.43 bits per heavy atom. The average Bonchev–Trinajstić information content (AvgIpc) is 1.72. The summed E-state index contributed by atoms with van der Waals surface area (Å²) in [4.78, 5) is 0. The smallest absolute Gasteiger partial charge is 0 e. The Morgan fingerprint density at radius 3 is 1.57 bits per heavy atom. The van der Waals surface area contributed by atoms with Gasteiger partial charge in [0.25, 0.3) is 0 Å².